The molecule has 0 radical (unpaired) electrons. The summed E-state index contributed by atoms with van der Waals surface area (Å²) in [6.45, 7) is 5.38. The minimum atomic E-state index is 1.06. The van der Waals surface area contributed by atoms with Crippen LogP contribution in [0.15, 0.2) is 22.7 Å². The highest BCUT2D eigenvalue weighted by Crippen LogP contribution is 2.19. The average Bonchev–Trinajstić information content (AvgIpc) is 2.23. The highest BCUT2D eigenvalue weighted by Gasteiger charge is 1.96. The molecule has 0 saturated carbocycles. The number of rotatable bonds is 6. The van der Waals surface area contributed by atoms with Crippen LogP contribution in [0, 0.1) is 6.92 Å². The molecule has 1 rings (SSSR count). The lowest BCUT2D eigenvalue weighted by Gasteiger charge is -2.07. The van der Waals surface area contributed by atoms with Crippen molar-refractivity contribution in [1.82, 2.24) is 0 Å². The number of hydrogen-bond donors (Lipinski definition) is 1. The molecule has 0 spiro atoms. The van der Waals surface area contributed by atoms with Gasteiger partial charge in [-0.1, -0.05) is 22.9 Å². The molecule has 0 amide bonds. The Hall–Kier alpha value is -0.150. The van der Waals surface area contributed by atoms with E-state index >= 15 is 0 Å². The van der Waals surface area contributed by atoms with Gasteiger partial charge in [-0.3, -0.25) is 0 Å². The first-order valence-corrected chi connectivity index (χ1v) is 7.26. The van der Waals surface area contributed by atoms with Gasteiger partial charge in [0.15, 0.2) is 0 Å². The molecule has 1 aromatic carbocycles. The summed E-state index contributed by atoms with van der Waals surface area (Å²) < 4.78 is 1.18. The second kappa shape index (κ2) is 7.18. The summed E-state index contributed by atoms with van der Waals surface area (Å²) in [5.41, 5.74) is 2.50. The molecule has 0 aliphatic rings. The molecule has 1 aromatic rings. The highest BCUT2D eigenvalue weighted by atomic mass is 79.9. The molecule has 0 saturated heterocycles. The van der Waals surface area contributed by atoms with E-state index in [1.165, 1.54) is 33.7 Å². The average molecular weight is 288 g/mol. The monoisotopic (exact) mass is 287 g/mol. The number of aryl methyl sites for hydroxylation is 1. The predicted octanol–water partition coefficient (Wildman–Crippen LogP) is 4.31. The zero-order valence-electron chi connectivity index (χ0n) is 9.35. The second-order valence-corrected chi connectivity index (χ2v) is 5.69. The molecule has 0 aliphatic heterocycles. The van der Waals surface area contributed by atoms with Crippen LogP contribution in [-0.4, -0.2) is 18.1 Å². The van der Waals surface area contributed by atoms with Crippen molar-refractivity contribution >= 4 is 33.4 Å². The molecule has 1 nitrogen and oxygen atoms in total. The third kappa shape index (κ3) is 4.94. The first-order valence-electron chi connectivity index (χ1n) is 5.32. The number of hydrogen-bond acceptors (Lipinski definition) is 2. The molecule has 0 unspecified atom stereocenters. The van der Waals surface area contributed by atoms with Crippen LogP contribution in [0.2, 0.25) is 0 Å². The van der Waals surface area contributed by atoms with E-state index in [0.717, 1.165) is 6.54 Å². The van der Waals surface area contributed by atoms with Crippen molar-refractivity contribution in [3.8, 4) is 0 Å². The molecular weight excluding hydrogens is 270 g/mol. The summed E-state index contributed by atoms with van der Waals surface area (Å²) in [6, 6.07) is 6.39. The van der Waals surface area contributed by atoms with Crippen molar-refractivity contribution in [2.75, 3.05) is 23.4 Å². The summed E-state index contributed by atoms with van der Waals surface area (Å²) in [6.07, 6.45) is 1.23. The lowest BCUT2D eigenvalue weighted by molar-refractivity contribution is 0.991. The van der Waals surface area contributed by atoms with Gasteiger partial charge in [0, 0.05) is 16.7 Å². The van der Waals surface area contributed by atoms with E-state index in [2.05, 4.69) is 53.3 Å². The van der Waals surface area contributed by atoms with Crippen LogP contribution in [0.1, 0.15) is 18.9 Å². The molecule has 0 aliphatic carbocycles. The molecule has 15 heavy (non-hydrogen) atoms. The minimum Gasteiger partial charge on any atom is -0.385 e. The molecule has 0 heterocycles. The quantitative estimate of drug-likeness (QED) is 0.783. The molecule has 0 bridgehead atoms. The summed E-state index contributed by atoms with van der Waals surface area (Å²) in [4.78, 5) is 0. The molecule has 0 fully saturated rings. The van der Waals surface area contributed by atoms with Crippen molar-refractivity contribution in [2.24, 2.45) is 0 Å². The van der Waals surface area contributed by atoms with Gasteiger partial charge in [0.2, 0.25) is 0 Å². The zero-order chi connectivity index (χ0) is 11.1. The van der Waals surface area contributed by atoms with Crippen LogP contribution >= 0.6 is 27.7 Å². The molecular formula is C12H18BrNS. The Labute approximate surface area is 105 Å². The van der Waals surface area contributed by atoms with Gasteiger partial charge < -0.3 is 5.32 Å². The Morgan fingerprint density at radius 2 is 2.20 bits per heavy atom. The molecule has 0 aromatic heterocycles. The van der Waals surface area contributed by atoms with Crippen LogP contribution in [0.25, 0.3) is 0 Å². The van der Waals surface area contributed by atoms with Gasteiger partial charge in [-0.05, 0) is 48.6 Å². The van der Waals surface area contributed by atoms with Crippen molar-refractivity contribution in [1.29, 1.82) is 0 Å². The maximum absolute atomic E-state index is 3.50. The maximum Gasteiger partial charge on any atom is 0.0343 e. The number of halogens is 1. The van der Waals surface area contributed by atoms with Crippen LogP contribution in [0.4, 0.5) is 5.69 Å². The molecule has 0 atom stereocenters. The van der Waals surface area contributed by atoms with E-state index < -0.39 is 0 Å². The number of nitrogens with one attached hydrogen (secondary N) is 1. The van der Waals surface area contributed by atoms with E-state index in [0.29, 0.717) is 0 Å². The lowest BCUT2D eigenvalue weighted by Crippen LogP contribution is -2.02. The second-order valence-electron chi connectivity index (χ2n) is 3.44. The smallest absolute Gasteiger partial charge is 0.0343 e. The maximum atomic E-state index is 3.50. The van der Waals surface area contributed by atoms with Crippen LogP contribution in [0.3, 0.4) is 0 Å². The summed E-state index contributed by atoms with van der Waals surface area (Å²) in [5.74, 6) is 2.47. The van der Waals surface area contributed by atoms with Crippen molar-refractivity contribution in [3.05, 3.63) is 28.2 Å². The van der Waals surface area contributed by atoms with E-state index in [4.69, 9.17) is 0 Å². The molecule has 1 N–H and O–H groups in total. The van der Waals surface area contributed by atoms with E-state index in [1.807, 2.05) is 11.8 Å². The summed E-state index contributed by atoms with van der Waals surface area (Å²) >= 11 is 5.50. The largest absolute Gasteiger partial charge is 0.385 e. The Morgan fingerprint density at radius 1 is 1.40 bits per heavy atom. The lowest BCUT2D eigenvalue weighted by atomic mass is 10.2. The van der Waals surface area contributed by atoms with Gasteiger partial charge in [0.25, 0.3) is 0 Å². The van der Waals surface area contributed by atoms with E-state index in [9.17, 15) is 0 Å². The van der Waals surface area contributed by atoms with Gasteiger partial charge in [0.1, 0.15) is 0 Å². The van der Waals surface area contributed by atoms with Gasteiger partial charge >= 0.3 is 0 Å². The van der Waals surface area contributed by atoms with Crippen LogP contribution in [-0.2, 0) is 0 Å². The Balaban J connectivity index is 2.28. The van der Waals surface area contributed by atoms with Crippen LogP contribution in [0.5, 0.6) is 0 Å². The fourth-order valence-electron chi connectivity index (χ4n) is 1.31. The topological polar surface area (TPSA) is 12.0 Å². The Bertz CT molecular complexity index is 302. The first kappa shape index (κ1) is 12.9. The Morgan fingerprint density at radius 3 is 2.87 bits per heavy atom. The van der Waals surface area contributed by atoms with Gasteiger partial charge in [-0.15, -0.1) is 0 Å². The normalized spacial score (nSPS) is 10.3. The first-order chi connectivity index (χ1) is 7.24. The Kier molecular flexibility index (Phi) is 6.18. The van der Waals surface area contributed by atoms with E-state index in [-0.39, 0.29) is 0 Å². The third-order valence-electron chi connectivity index (χ3n) is 2.16. The van der Waals surface area contributed by atoms with Crippen molar-refractivity contribution in [3.63, 3.8) is 0 Å². The van der Waals surface area contributed by atoms with E-state index in [1.54, 1.807) is 0 Å². The predicted molar refractivity (Wildman–Crippen MR) is 75.0 cm³/mol. The fraction of sp³-hybridized carbons (Fsp3) is 0.500. The summed E-state index contributed by atoms with van der Waals surface area (Å²) in [5, 5.41) is 3.44. The van der Waals surface area contributed by atoms with Gasteiger partial charge in [0.05, 0.1) is 0 Å². The summed E-state index contributed by atoms with van der Waals surface area (Å²) in [7, 11) is 0. The van der Waals surface area contributed by atoms with Crippen LogP contribution < -0.4 is 5.32 Å². The minimum absolute atomic E-state index is 1.06. The SMILES string of the molecule is CCSCCCNc1ccc(Br)c(C)c1. The standard InChI is InChI=1S/C12H18BrNS/c1-3-15-8-4-7-14-11-5-6-12(13)10(2)9-11/h5-6,9,14H,3-4,7-8H2,1-2H3. The van der Waals surface area contributed by atoms with Crippen molar-refractivity contribution in [2.45, 2.75) is 20.3 Å². The zero-order valence-corrected chi connectivity index (χ0v) is 11.7. The fourth-order valence-corrected chi connectivity index (χ4v) is 2.19. The number of thioether (sulfide) groups is 1. The van der Waals surface area contributed by atoms with Gasteiger partial charge in [-0.25, -0.2) is 0 Å². The number of benzene rings is 1. The molecule has 3 heteroatoms. The van der Waals surface area contributed by atoms with Crippen molar-refractivity contribution < 1.29 is 0 Å². The molecule has 84 valence electrons. The highest BCUT2D eigenvalue weighted by molar-refractivity contribution is 9.10. The van der Waals surface area contributed by atoms with Gasteiger partial charge in [-0.2, -0.15) is 11.8 Å². The number of anilines is 1. The third-order valence-corrected chi connectivity index (χ3v) is 4.03.